The summed E-state index contributed by atoms with van der Waals surface area (Å²) in [6, 6.07) is 23.9. The third-order valence-electron chi connectivity index (χ3n) is 11.4. The Morgan fingerprint density at radius 3 is 1.16 bits per heavy atom. The molecule has 0 heterocycles. The highest BCUT2D eigenvalue weighted by Gasteiger charge is 2.35. The normalized spacial score (nSPS) is 11.9. The van der Waals surface area contributed by atoms with Gasteiger partial charge in [-0.3, -0.25) is 28.8 Å². The van der Waals surface area contributed by atoms with Crippen LogP contribution in [0.1, 0.15) is 128 Å². The number of benzene rings is 3. The minimum Gasteiger partial charge on any atom is -0.465 e. The molecule has 0 radical (unpaired) electrons. The zero-order valence-corrected chi connectivity index (χ0v) is 43.5. The average Bonchev–Trinajstić information content (AvgIpc) is 3.28. The predicted octanol–water partition coefficient (Wildman–Crippen LogP) is 11.5. The molecule has 0 fully saturated rings. The molecular formula is C52H71N3O9S3. The van der Waals surface area contributed by atoms with Gasteiger partial charge in [0.25, 0.3) is 15.7 Å². The number of esters is 3. The van der Waals surface area contributed by atoms with E-state index < -0.39 is 39.9 Å². The number of carbonyl (C=O) groups excluding carboxylic acids is 6. The van der Waals surface area contributed by atoms with Gasteiger partial charge in [0, 0.05) is 17.3 Å². The Kier molecular flexibility index (Phi) is 22.6. The lowest BCUT2D eigenvalue weighted by Gasteiger charge is -2.31. The van der Waals surface area contributed by atoms with Crippen LogP contribution in [-0.2, 0) is 58.1 Å². The van der Waals surface area contributed by atoms with E-state index >= 15 is 0 Å². The van der Waals surface area contributed by atoms with Crippen molar-refractivity contribution in [1.29, 1.82) is 0 Å². The summed E-state index contributed by atoms with van der Waals surface area (Å²) in [5.74, 6) is -1.26. The van der Waals surface area contributed by atoms with E-state index in [2.05, 4.69) is 48.5 Å². The van der Waals surface area contributed by atoms with Crippen molar-refractivity contribution in [1.82, 2.24) is 16.0 Å². The maximum Gasteiger partial charge on any atom is 0.306 e. The summed E-state index contributed by atoms with van der Waals surface area (Å²) in [6.45, 7) is 22.7. The highest BCUT2D eigenvalue weighted by molar-refractivity contribution is 8.14. The molecule has 15 heteroatoms. The van der Waals surface area contributed by atoms with Gasteiger partial charge < -0.3 is 30.2 Å². The molecule has 0 unspecified atom stereocenters. The van der Waals surface area contributed by atoms with E-state index in [1.165, 1.54) is 0 Å². The molecule has 3 N–H and O–H groups in total. The minimum absolute atomic E-state index is 0.0707. The van der Waals surface area contributed by atoms with E-state index in [4.69, 9.17) is 14.2 Å². The van der Waals surface area contributed by atoms with E-state index in [0.717, 1.165) is 87.1 Å². The van der Waals surface area contributed by atoms with Crippen LogP contribution in [0.4, 0.5) is 14.4 Å². The van der Waals surface area contributed by atoms with E-state index in [1.54, 1.807) is 6.92 Å². The Morgan fingerprint density at radius 1 is 0.522 bits per heavy atom. The van der Waals surface area contributed by atoms with Crippen LogP contribution >= 0.6 is 35.3 Å². The highest BCUT2D eigenvalue weighted by Crippen LogP contribution is 2.29. The number of hydrogen-bond donors (Lipinski definition) is 3. The highest BCUT2D eigenvalue weighted by atomic mass is 32.2. The van der Waals surface area contributed by atoms with Crippen LogP contribution in [0.25, 0.3) is 5.57 Å². The summed E-state index contributed by atoms with van der Waals surface area (Å²) >= 11 is 2.91. The summed E-state index contributed by atoms with van der Waals surface area (Å²) in [5, 5.41) is 8.20. The number of ether oxygens (including phenoxy) is 3. The Hall–Kier alpha value is -4.73. The van der Waals surface area contributed by atoms with Gasteiger partial charge in [-0.05, 0) is 107 Å². The standard InChI is InChI=1S/C52H71N3O9S3/c1-12-37-18-15-21-40(30-37)49(6,7)53-46(59)65-27-24-43(56)62-33-52(14-3,34-63-44(57)25-28-66-47(60)54-50(8,9)41-22-16-19-38(13-2)31-41)35-64-45(58)26-29-67-48(61)55-51(10,11)42-23-17-20-39(32-42)36(4)5/h15-23,30-32H,4,12-14,24-29,33-35H2,1-3,5-11H3,(H,53,59)(H,54,60)(H,55,61). The van der Waals surface area contributed by atoms with Gasteiger partial charge in [-0.15, -0.1) is 0 Å². The van der Waals surface area contributed by atoms with Gasteiger partial charge in [0.15, 0.2) is 0 Å². The van der Waals surface area contributed by atoms with Crippen LogP contribution in [0.2, 0.25) is 0 Å². The van der Waals surface area contributed by atoms with E-state index in [9.17, 15) is 28.8 Å². The quantitative estimate of drug-likeness (QED) is 0.0544. The van der Waals surface area contributed by atoms with Crippen molar-refractivity contribution in [2.75, 3.05) is 37.1 Å². The Balaban J connectivity index is 1.57. The van der Waals surface area contributed by atoms with E-state index in [0.29, 0.717) is 6.42 Å². The third kappa shape index (κ3) is 19.4. The third-order valence-corrected chi connectivity index (χ3v) is 13.7. The summed E-state index contributed by atoms with van der Waals surface area (Å²) in [7, 11) is 0. The molecule has 0 spiro atoms. The minimum atomic E-state index is -1.10. The fourth-order valence-corrected chi connectivity index (χ4v) is 9.00. The van der Waals surface area contributed by atoms with Crippen molar-refractivity contribution in [2.24, 2.45) is 5.41 Å². The molecule has 12 nitrogen and oxygen atoms in total. The first-order chi connectivity index (χ1) is 31.5. The second kappa shape index (κ2) is 26.7. The van der Waals surface area contributed by atoms with Crippen molar-refractivity contribution in [3.05, 3.63) is 113 Å². The lowest BCUT2D eigenvalue weighted by Crippen LogP contribution is -2.40. The number of carbonyl (C=O) groups is 6. The van der Waals surface area contributed by atoms with Crippen molar-refractivity contribution >= 4 is 74.5 Å². The smallest absolute Gasteiger partial charge is 0.306 e. The molecule has 366 valence electrons. The maximum atomic E-state index is 13.1. The molecule has 0 saturated heterocycles. The van der Waals surface area contributed by atoms with Gasteiger partial charge in [0.1, 0.15) is 19.8 Å². The summed E-state index contributed by atoms with van der Waals surface area (Å²) in [6.07, 6.45) is 1.83. The molecule has 3 rings (SSSR count). The van der Waals surface area contributed by atoms with Gasteiger partial charge in [-0.2, -0.15) is 0 Å². The summed E-state index contributed by atoms with van der Waals surface area (Å²) < 4.78 is 17.0. The van der Waals surface area contributed by atoms with Crippen molar-refractivity contribution < 1.29 is 43.0 Å². The Bertz CT molecular complexity index is 2090. The summed E-state index contributed by atoms with van der Waals surface area (Å²) in [5.41, 5.74) is 4.03. The molecule has 0 saturated carbocycles. The average molecular weight is 978 g/mol. The molecule has 3 aromatic carbocycles. The SMILES string of the molecule is C=C(C)c1cccc(C(C)(C)NC(=O)SCCC(=O)OCC(CC)(COC(=O)CCSC(=O)NC(C)(C)c2cccc(CC)c2)COC(=O)CCSC(=O)NC(C)(C)c2cccc(CC)c2)c1. The largest absolute Gasteiger partial charge is 0.465 e. The number of nitrogens with one attached hydrogen (secondary N) is 3. The van der Waals surface area contributed by atoms with Crippen molar-refractivity contribution in [2.45, 2.75) is 124 Å². The van der Waals surface area contributed by atoms with Gasteiger partial charge >= 0.3 is 17.9 Å². The Morgan fingerprint density at radius 2 is 0.851 bits per heavy atom. The summed E-state index contributed by atoms with van der Waals surface area (Å²) in [4.78, 5) is 77.9. The van der Waals surface area contributed by atoms with Gasteiger partial charge in [0.05, 0.1) is 41.3 Å². The fourth-order valence-electron chi connectivity index (χ4n) is 6.65. The second-order valence-electron chi connectivity index (χ2n) is 18.2. The Labute approximate surface area is 411 Å². The van der Waals surface area contributed by atoms with Crippen LogP contribution < -0.4 is 16.0 Å². The zero-order valence-electron chi connectivity index (χ0n) is 41.0. The van der Waals surface area contributed by atoms with E-state index in [-0.39, 0.29) is 72.1 Å². The number of hydrogen-bond acceptors (Lipinski definition) is 12. The molecule has 0 bridgehead atoms. The monoisotopic (exact) mass is 977 g/mol. The van der Waals surface area contributed by atoms with Gasteiger partial charge in [-0.25, -0.2) is 0 Å². The number of amides is 3. The number of thioether (sulfide) groups is 3. The molecule has 0 atom stereocenters. The molecular weight excluding hydrogens is 907 g/mol. The lowest BCUT2D eigenvalue weighted by molar-refractivity contribution is -0.161. The van der Waals surface area contributed by atoms with Gasteiger partial charge in [0.2, 0.25) is 0 Å². The first-order valence-corrected chi connectivity index (χ1v) is 25.8. The van der Waals surface area contributed by atoms with Crippen molar-refractivity contribution in [3.63, 3.8) is 0 Å². The number of aryl methyl sites for hydroxylation is 2. The topological polar surface area (TPSA) is 166 Å². The first-order valence-electron chi connectivity index (χ1n) is 22.8. The molecule has 0 aromatic heterocycles. The molecule has 3 amide bonds. The molecule has 0 aliphatic rings. The van der Waals surface area contributed by atoms with Gasteiger partial charge in [-0.1, -0.05) is 135 Å². The van der Waals surface area contributed by atoms with Crippen molar-refractivity contribution in [3.8, 4) is 0 Å². The van der Waals surface area contributed by atoms with E-state index in [1.807, 2.05) is 109 Å². The molecule has 67 heavy (non-hydrogen) atoms. The number of allylic oxidation sites excluding steroid dienone is 1. The van der Waals surface area contributed by atoms with Crippen LogP contribution in [0.5, 0.6) is 0 Å². The van der Waals surface area contributed by atoms with Crippen LogP contribution in [0, 0.1) is 5.41 Å². The second-order valence-corrected chi connectivity index (χ2v) is 21.4. The number of rotatable bonds is 25. The van der Waals surface area contributed by atoms with Crippen LogP contribution in [0.3, 0.4) is 0 Å². The molecule has 3 aromatic rings. The zero-order chi connectivity index (χ0) is 49.8. The van der Waals surface area contributed by atoms with Crippen LogP contribution in [-0.4, -0.2) is 70.7 Å². The molecule has 0 aliphatic heterocycles. The van der Waals surface area contributed by atoms with Crippen LogP contribution in [0.15, 0.2) is 79.4 Å². The maximum absolute atomic E-state index is 13.1. The molecule has 0 aliphatic carbocycles. The predicted molar refractivity (Wildman–Crippen MR) is 274 cm³/mol. The lowest BCUT2D eigenvalue weighted by atomic mass is 9.88. The fraction of sp³-hybridized carbons (Fsp3) is 0.500. The first kappa shape index (κ1) is 56.6.